The summed E-state index contributed by atoms with van der Waals surface area (Å²) in [4.78, 5) is 12.4. The Bertz CT molecular complexity index is 915. The largest absolute Gasteiger partial charge is 0.368 e. The first-order valence-electron chi connectivity index (χ1n) is 7.98. The quantitative estimate of drug-likeness (QED) is 0.643. The first kappa shape index (κ1) is 17.5. The Balaban J connectivity index is 1.66. The van der Waals surface area contributed by atoms with Crippen LogP contribution in [0.5, 0.6) is 0 Å². The average molecular weight is 411 g/mol. The second kappa shape index (κ2) is 6.37. The molecule has 3 aromatic rings. The van der Waals surface area contributed by atoms with Crippen molar-refractivity contribution >= 4 is 40.8 Å². The normalized spacial score (nSPS) is 16.3. The van der Waals surface area contributed by atoms with Gasteiger partial charge >= 0.3 is 0 Å². The molecule has 0 bridgehead atoms. The molecule has 0 radical (unpaired) electrons. The van der Waals surface area contributed by atoms with E-state index in [1.807, 2.05) is 12.1 Å². The van der Waals surface area contributed by atoms with Crippen LogP contribution in [-0.4, -0.2) is 20.1 Å². The SMILES string of the molecule is Nc1ncc(-c2ccc(C3(c4noc(C(Cl)(Cl)Cl)n4)CCC3)cc2)cn1. The monoisotopic (exact) mass is 409 g/mol. The summed E-state index contributed by atoms with van der Waals surface area (Å²) >= 11 is 17.5. The first-order valence-corrected chi connectivity index (χ1v) is 9.12. The van der Waals surface area contributed by atoms with Gasteiger partial charge in [0.05, 0.1) is 5.41 Å². The Kier molecular flexibility index (Phi) is 4.29. The van der Waals surface area contributed by atoms with Gasteiger partial charge in [0.1, 0.15) is 0 Å². The van der Waals surface area contributed by atoms with Crippen LogP contribution < -0.4 is 5.73 Å². The van der Waals surface area contributed by atoms with Crippen LogP contribution in [0.2, 0.25) is 0 Å². The van der Waals surface area contributed by atoms with Crippen LogP contribution in [0.3, 0.4) is 0 Å². The summed E-state index contributed by atoms with van der Waals surface area (Å²) in [5.74, 6) is 0.786. The van der Waals surface area contributed by atoms with Gasteiger partial charge in [-0.25, -0.2) is 9.97 Å². The summed E-state index contributed by atoms with van der Waals surface area (Å²) in [6.07, 6.45) is 6.29. The molecule has 0 atom stereocenters. The second-order valence-corrected chi connectivity index (χ2v) is 8.55. The molecule has 2 aromatic heterocycles. The van der Waals surface area contributed by atoms with E-state index in [0.29, 0.717) is 5.82 Å². The van der Waals surface area contributed by atoms with E-state index in [-0.39, 0.29) is 17.3 Å². The van der Waals surface area contributed by atoms with Crippen LogP contribution in [0.15, 0.2) is 41.2 Å². The van der Waals surface area contributed by atoms with E-state index >= 15 is 0 Å². The minimum Gasteiger partial charge on any atom is -0.368 e. The molecule has 0 amide bonds. The first-order chi connectivity index (χ1) is 12.4. The Morgan fingerprint density at radius 2 is 1.65 bits per heavy atom. The fourth-order valence-electron chi connectivity index (χ4n) is 3.17. The summed E-state index contributed by atoms with van der Waals surface area (Å²) < 4.78 is 3.42. The van der Waals surface area contributed by atoms with Crippen LogP contribution >= 0.6 is 34.8 Å². The third-order valence-corrected chi connectivity index (χ3v) is 5.23. The summed E-state index contributed by atoms with van der Waals surface area (Å²) in [7, 11) is 0. The van der Waals surface area contributed by atoms with E-state index in [1.54, 1.807) is 12.4 Å². The number of aromatic nitrogens is 4. The van der Waals surface area contributed by atoms with Gasteiger partial charge in [-0.1, -0.05) is 70.6 Å². The lowest BCUT2D eigenvalue weighted by atomic mass is 9.64. The number of halogens is 3. The Hall–Kier alpha value is -1.89. The third-order valence-electron chi connectivity index (χ3n) is 4.75. The number of nitrogens with zero attached hydrogens (tertiary/aromatic N) is 4. The number of hydrogen-bond donors (Lipinski definition) is 1. The highest BCUT2D eigenvalue weighted by molar-refractivity contribution is 6.66. The zero-order valence-corrected chi connectivity index (χ0v) is 15.8. The fraction of sp³-hybridized carbons (Fsp3) is 0.294. The van der Waals surface area contributed by atoms with Gasteiger partial charge in [0.2, 0.25) is 5.95 Å². The van der Waals surface area contributed by atoms with Gasteiger partial charge in [0.15, 0.2) is 5.82 Å². The Morgan fingerprint density at radius 1 is 1.00 bits per heavy atom. The highest BCUT2D eigenvalue weighted by Crippen LogP contribution is 2.49. The van der Waals surface area contributed by atoms with Gasteiger partial charge in [-0.15, -0.1) is 0 Å². The summed E-state index contributed by atoms with van der Waals surface area (Å²) in [6.45, 7) is 0. The zero-order valence-electron chi connectivity index (χ0n) is 13.5. The van der Waals surface area contributed by atoms with Crippen LogP contribution in [-0.2, 0) is 9.21 Å². The van der Waals surface area contributed by atoms with Crippen molar-refractivity contribution in [3.63, 3.8) is 0 Å². The molecule has 1 aromatic carbocycles. The maximum absolute atomic E-state index is 5.84. The number of hydrogen-bond acceptors (Lipinski definition) is 6. The summed E-state index contributed by atoms with van der Waals surface area (Å²) in [6, 6.07) is 8.13. The van der Waals surface area contributed by atoms with Crippen molar-refractivity contribution < 1.29 is 4.52 Å². The summed E-state index contributed by atoms with van der Waals surface area (Å²) in [5, 5.41) is 4.07. The highest BCUT2D eigenvalue weighted by Gasteiger charge is 2.45. The molecule has 4 rings (SSSR count). The lowest BCUT2D eigenvalue weighted by Crippen LogP contribution is -2.36. The smallest absolute Gasteiger partial charge is 0.278 e. The van der Waals surface area contributed by atoms with Crippen LogP contribution in [0.25, 0.3) is 11.1 Å². The van der Waals surface area contributed by atoms with Crippen LogP contribution in [0, 0.1) is 0 Å². The second-order valence-electron chi connectivity index (χ2n) is 6.26. The number of anilines is 1. The van der Waals surface area contributed by atoms with E-state index in [9.17, 15) is 0 Å². The van der Waals surface area contributed by atoms with Crippen molar-refractivity contribution in [1.82, 2.24) is 20.1 Å². The van der Waals surface area contributed by atoms with E-state index in [4.69, 9.17) is 45.1 Å². The van der Waals surface area contributed by atoms with Gasteiger partial charge in [0, 0.05) is 18.0 Å². The minimum atomic E-state index is -1.73. The predicted molar refractivity (Wildman–Crippen MR) is 100 cm³/mol. The van der Waals surface area contributed by atoms with Crippen molar-refractivity contribution in [2.24, 2.45) is 0 Å². The standard InChI is InChI=1S/C17H14Cl3N5O/c18-17(19,20)14-24-13(25-26-14)16(6-1-7-16)12-4-2-10(3-5-12)11-8-22-15(21)23-9-11/h2-5,8-9H,1,6-7H2,(H2,21,22,23). The number of nitrogen functional groups attached to an aromatic ring is 1. The van der Waals surface area contributed by atoms with E-state index in [2.05, 4.69) is 32.2 Å². The van der Waals surface area contributed by atoms with Crippen molar-refractivity contribution in [2.45, 2.75) is 28.5 Å². The van der Waals surface area contributed by atoms with Gasteiger partial charge < -0.3 is 10.3 Å². The van der Waals surface area contributed by atoms with Gasteiger partial charge in [-0.2, -0.15) is 4.98 Å². The van der Waals surface area contributed by atoms with Gasteiger partial charge in [-0.3, -0.25) is 0 Å². The van der Waals surface area contributed by atoms with Crippen LogP contribution in [0.4, 0.5) is 5.95 Å². The van der Waals surface area contributed by atoms with Crippen molar-refractivity contribution in [1.29, 1.82) is 0 Å². The minimum absolute atomic E-state index is 0.0144. The fourth-order valence-corrected chi connectivity index (χ4v) is 3.40. The topological polar surface area (TPSA) is 90.7 Å². The maximum atomic E-state index is 5.84. The average Bonchev–Trinajstić information content (AvgIpc) is 3.06. The Morgan fingerprint density at radius 3 is 2.15 bits per heavy atom. The molecule has 26 heavy (non-hydrogen) atoms. The molecule has 1 aliphatic carbocycles. The van der Waals surface area contributed by atoms with Gasteiger partial charge in [0.25, 0.3) is 9.68 Å². The van der Waals surface area contributed by atoms with Crippen LogP contribution in [0.1, 0.15) is 36.5 Å². The molecule has 0 spiro atoms. The molecular formula is C17H14Cl3N5O. The lowest BCUT2D eigenvalue weighted by molar-refractivity contribution is 0.271. The molecular weight excluding hydrogens is 397 g/mol. The molecule has 134 valence electrons. The van der Waals surface area contributed by atoms with Crippen molar-refractivity contribution in [2.75, 3.05) is 5.73 Å². The number of rotatable bonds is 3. The van der Waals surface area contributed by atoms with E-state index < -0.39 is 3.79 Å². The molecule has 2 heterocycles. The molecule has 1 saturated carbocycles. The molecule has 0 aliphatic heterocycles. The number of nitrogens with two attached hydrogens (primary N) is 1. The molecule has 2 N–H and O–H groups in total. The molecule has 1 aliphatic rings. The summed E-state index contributed by atoms with van der Waals surface area (Å²) in [5.41, 5.74) is 8.21. The van der Waals surface area contributed by atoms with E-state index in [1.165, 1.54) is 0 Å². The van der Waals surface area contributed by atoms with Crippen molar-refractivity contribution in [3.8, 4) is 11.1 Å². The molecule has 1 fully saturated rings. The number of benzene rings is 1. The molecule has 6 nitrogen and oxygen atoms in total. The van der Waals surface area contributed by atoms with Crippen molar-refractivity contribution in [3.05, 3.63) is 53.9 Å². The number of alkyl halides is 3. The van der Waals surface area contributed by atoms with E-state index in [0.717, 1.165) is 36.0 Å². The Labute approximate surface area is 164 Å². The third kappa shape index (κ3) is 3.02. The molecule has 0 unspecified atom stereocenters. The molecule has 9 heteroatoms. The lowest BCUT2D eigenvalue weighted by Gasteiger charge is -2.39. The molecule has 0 saturated heterocycles. The highest BCUT2D eigenvalue weighted by atomic mass is 35.6. The van der Waals surface area contributed by atoms with Gasteiger partial charge in [-0.05, 0) is 24.0 Å². The predicted octanol–water partition coefficient (Wildman–Crippen LogP) is 4.41. The maximum Gasteiger partial charge on any atom is 0.278 e. The zero-order chi connectivity index (χ0) is 18.4.